The van der Waals surface area contributed by atoms with Crippen molar-refractivity contribution >= 4 is 53.0 Å². The fourth-order valence-electron chi connectivity index (χ4n) is 4.29. The van der Waals surface area contributed by atoms with E-state index in [-0.39, 0.29) is 33.9 Å². The Hall–Kier alpha value is -3.77. The van der Waals surface area contributed by atoms with Crippen LogP contribution in [0.5, 0.6) is 0 Å². The van der Waals surface area contributed by atoms with E-state index in [9.17, 15) is 9.59 Å². The zero-order valence-corrected chi connectivity index (χ0v) is 21.6. The number of likely N-dealkylation sites (tertiary alicyclic amines) is 1. The number of carbonyl (C=O) groups excluding carboxylic acids is 2. The Kier molecular flexibility index (Phi) is 6.69. The van der Waals surface area contributed by atoms with Gasteiger partial charge in [0.15, 0.2) is 28.4 Å². The van der Waals surface area contributed by atoms with E-state index in [0.717, 1.165) is 4.90 Å². The van der Waals surface area contributed by atoms with Crippen LogP contribution in [-0.4, -0.2) is 61.8 Å². The van der Waals surface area contributed by atoms with E-state index in [1.54, 1.807) is 11.9 Å². The zero-order chi connectivity index (χ0) is 26.2. The van der Waals surface area contributed by atoms with Crippen molar-refractivity contribution in [3.05, 3.63) is 64.7 Å². The van der Waals surface area contributed by atoms with Crippen molar-refractivity contribution in [2.24, 2.45) is 4.99 Å². The van der Waals surface area contributed by atoms with E-state index in [1.807, 2.05) is 27.3 Å². The normalized spacial score (nSPS) is 16.4. The van der Waals surface area contributed by atoms with Crippen molar-refractivity contribution in [1.82, 2.24) is 29.5 Å². The Morgan fingerprint density at radius 2 is 1.84 bits per heavy atom. The number of guanidine groups is 1. The molecule has 2 aliphatic rings. The fraction of sp³-hybridized carbons (Fsp3) is 0.292. The molecule has 0 bridgehead atoms. The molecule has 1 saturated heterocycles. The maximum atomic E-state index is 13.1. The number of carbonyl (C=O) groups is 2. The van der Waals surface area contributed by atoms with Gasteiger partial charge in [0, 0.05) is 30.4 Å². The van der Waals surface area contributed by atoms with Gasteiger partial charge in [-0.1, -0.05) is 29.3 Å². The molecule has 4 heterocycles. The summed E-state index contributed by atoms with van der Waals surface area (Å²) in [6.07, 6.45) is 5.14. The lowest BCUT2D eigenvalue weighted by molar-refractivity contribution is 0.0668. The number of anilines is 2. The predicted molar refractivity (Wildman–Crippen MR) is 144 cm³/mol. The van der Waals surface area contributed by atoms with Gasteiger partial charge in [0.2, 0.25) is 0 Å². The lowest BCUT2D eigenvalue weighted by atomic mass is 9.88. The number of nitrogen functional groups attached to an aromatic ring is 2. The number of aliphatic imine (C=N–C) groups is 1. The highest BCUT2D eigenvalue weighted by Crippen LogP contribution is 2.28. The van der Waals surface area contributed by atoms with Crippen molar-refractivity contribution < 1.29 is 9.59 Å². The lowest BCUT2D eigenvalue weighted by Gasteiger charge is -2.39. The summed E-state index contributed by atoms with van der Waals surface area (Å²) in [5, 5.41) is 5.89. The third kappa shape index (κ3) is 5.35. The van der Waals surface area contributed by atoms with Gasteiger partial charge in [0.25, 0.3) is 11.8 Å². The molecule has 0 atom stereocenters. The van der Waals surface area contributed by atoms with Gasteiger partial charge < -0.3 is 21.7 Å². The molecule has 6 N–H and O–H groups in total. The highest BCUT2D eigenvalue weighted by atomic mass is 35.5. The number of piperidine rings is 1. The molecule has 2 aliphatic heterocycles. The third-order valence-corrected chi connectivity index (χ3v) is 7.63. The molecule has 0 unspecified atom stereocenters. The Morgan fingerprint density at radius 3 is 2.57 bits per heavy atom. The van der Waals surface area contributed by atoms with Gasteiger partial charge >= 0.3 is 0 Å². The van der Waals surface area contributed by atoms with Crippen LogP contribution in [0, 0.1) is 6.92 Å². The number of aromatic nitrogens is 3. The number of nitrogens with zero attached hydrogens (tertiary/aromatic N) is 5. The molecule has 2 amide bonds. The van der Waals surface area contributed by atoms with E-state index in [2.05, 4.69) is 56.8 Å². The summed E-state index contributed by atoms with van der Waals surface area (Å²) in [5.41, 5.74) is 12.7. The van der Waals surface area contributed by atoms with Gasteiger partial charge in [0.1, 0.15) is 0 Å². The Bertz CT molecular complexity index is 1380. The van der Waals surface area contributed by atoms with Crippen LogP contribution < -0.4 is 22.1 Å². The molecular weight excluding hydrogens is 514 g/mol. The standard InChI is InChI=1S/C24H26ClN9O2S/c1-14-2-4-16(5-3-14)37-34-9-6-15(12-34)22(36)33-10-7-24(8-11-33)13-28-23(32-24)31-21(35)17-19(26)30-20(27)18(25)29-17/h2-6,9,12H,7-8,10-11,13H2,1H3,(H4,26,27,30)(H2,28,31,32,35). The second-order valence-corrected chi connectivity index (χ2v) is 10.5. The molecule has 0 saturated carbocycles. The van der Waals surface area contributed by atoms with Crippen LogP contribution in [-0.2, 0) is 0 Å². The van der Waals surface area contributed by atoms with Crippen LogP contribution in [0.3, 0.4) is 0 Å². The minimum absolute atomic E-state index is 0.000161. The van der Waals surface area contributed by atoms with Crippen molar-refractivity contribution in [2.45, 2.75) is 30.2 Å². The first-order valence-corrected chi connectivity index (χ1v) is 12.8. The van der Waals surface area contributed by atoms with Gasteiger partial charge in [-0.25, -0.2) is 9.97 Å². The number of benzene rings is 1. The highest BCUT2D eigenvalue weighted by Gasteiger charge is 2.40. The minimum Gasteiger partial charge on any atom is -0.382 e. The summed E-state index contributed by atoms with van der Waals surface area (Å²) in [5.74, 6) is -0.431. The van der Waals surface area contributed by atoms with Crippen LogP contribution in [0.25, 0.3) is 0 Å². The summed E-state index contributed by atoms with van der Waals surface area (Å²) >= 11 is 7.43. The summed E-state index contributed by atoms with van der Waals surface area (Å²) in [7, 11) is 0. The first-order chi connectivity index (χ1) is 17.7. The molecule has 13 heteroatoms. The van der Waals surface area contributed by atoms with Crippen LogP contribution in [0.1, 0.15) is 39.3 Å². The average molecular weight is 540 g/mol. The van der Waals surface area contributed by atoms with Gasteiger partial charge in [0.05, 0.1) is 17.6 Å². The molecule has 0 aliphatic carbocycles. The molecule has 3 aromatic rings. The Morgan fingerprint density at radius 1 is 1.11 bits per heavy atom. The Balaban J connectivity index is 1.15. The minimum atomic E-state index is -0.587. The quantitative estimate of drug-likeness (QED) is 0.393. The predicted octanol–water partition coefficient (Wildman–Crippen LogP) is 2.32. The number of halogens is 1. The number of hydrogen-bond acceptors (Lipinski definition) is 9. The first kappa shape index (κ1) is 24.9. The second kappa shape index (κ2) is 9.94. The number of rotatable bonds is 4. The molecule has 192 valence electrons. The van der Waals surface area contributed by atoms with Crippen LogP contribution in [0.2, 0.25) is 5.15 Å². The highest BCUT2D eigenvalue weighted by molar-refractivity contribution is 7.97. The van der Waals surface area contributed by atoms with Gasteiger partial charge in [-0.2, -0.15) is 0 Å². The van der Waals surface area contributed by atoms with Crippen molar-refractivity contribution in [3.8, 4) is 0 Å². The molecular formula is C24H26ClN9O2S. The van der Waals surface area contributed by atoms with Gasteiger partial charge in [-0.05, 0) is 49.9 Å². The molecule has 11 nitrogen and oxygen atoms in total. The monoisotopic (exact) mass is 539 g/mol. The zero-order valence-electron chi connectivity index (χ0n) is 20.1. The molecule has 1 fully saturated rings. The number of hydrogen-bond donors (Lipinski definition) is 4. The van der Waals surface area contributed by atoms with E-state index in [0.29, 0.717) is 44.0 Å². The average Bonchev–Trinajstić information content (AvgIpc) is 3.50. The van der Waals surface area contributed by atoms with Gasteiger partial charge in [-0.3, -0.25) is 23.9 Å². The number of nitrogens with one attached hydrogen (secondary N) is 2. The molecule has 1 spiro atoms. The summed E-state index contributed by atoms with van der Waals surface area (Å²) in [6, 6.07) is 10.1. The maximum absolute atomic E-state index is 13.1. The SMILES string of the molecule is Cc1ccc(Sn2ccc(C(=O)N3CCC4(CC3)CN=C(NC(=O)c3nc(Cl)c(N)nc3N)N4)c2)cc1. The molecule has 37 heavy (non-hydrogen) atoms. The summed E-state index contributed by atoms with van der Waals surface area (Å²) in [6.45, 7) is 3.69. The smallest absolute Gasteiger partial charge is 0.280 e. The van der Waals surface area contributed by atoms with Gasteiger partial charge in [-0.15, -0.1) is 0 Å². The van der Waals surface area contributed by atoms with Crippen molar-refractivity contribution in [3.63, 3.8) is 0 Å². The number of amides is 2. The van der Waals surface area contributed by atoms with Crippen LogP contribution in [0.15, 0.2) is 52.6 Å². The number of nitrogens with two attached hydrogens (primary N) is 2. The molecule has 1 aromatic carbocycles. The van der Waals surface area contributed by atoms with Crippen LogP contribution >= 0.6 is 23.5 Å². The molecule has 5 rings (SSSR count). The van der Waals surface area contributed by atoms with Crippen molar-refractivity contribution in [2.75, 3.05) is 31.1 Å². The van der Waals surface area contributed by atoms with E-state index in [4.69, 9.17) is 23.1 Å². The largest absolute Gasteiger partial charge is 0.382 e. The summed E-state index contributed by atoms with van der Waals surface area (Å²) in [4.78, 5) is 40.9. The van der Waals surface area contributed by atoms with Crippen LogP contribution in [0.4, 0.5) is 11.6 Å². The molecule has 2 aromatic heterocycles. The first-order valence-electron chi connectivity index (χ1n) is 11.7. The number of aryl methyl sites for hydroxylation is 1. The van der Waals surface area contributed by atoms with E-state index >= 15 is 0 Å². The summed E-state index contributed by atoms with van der Waals surface area (Å²) < 4.78 is 1.94. The third-order valence-electron chi connectivity index (χ3n) is 6.43. The van der Waals surface area contributed by atoms with E-state index < -0.39 is 5.91 Å². The van der Waals surface area contributed by atoms with E-state index in [1.165, 1.54) is 5.56 Å². The Labute approximate surface area is 222 Å². The molecule has 0 radical (unpaired) electrons. The van der Waals surface area contributed by atoms with Crippen molar-refractivity contribution in [1.29, 1.82) is 0 Å². The second-order valence-electron chi connectivity index (χ2n) is 9.11. The topological polar surface area (TPSA) is 157 Å². The fourth-order valence-corrected chi connectivity index (χ4v) is 5.21. The maximum Gasteiger partial charge on any atom is 0.280 e. The lowest BCUT2D eigenvalue weighted by Crippen LogP contribution is -2.56.